The van der Waals surface area contributed by atoms with Gasteiger partial charge in [-0.25, -0.2) is 14.8 Å². The number of aliphatic hydroxyl groups is 7. The third-order valence-corrected chi connectivity index (χ3v) is 18.7. The summed E-state index contributed by atoms with van der Waals surface area (Å²) in [5, 5.41) is 120. The summed E-state index contributed by atoms with van der Waals surface area (Å²) in [6.45, 7) is 8.41. The third kappa shape index (κ3) is 18.8. The summed E-state index contributed by atoms with van der Waals surface area (Å²) in [4.78, 5) is 123. The molecule has 4 aliphatic rings. The van der Waals surface area contributed by atoms with Crippen molar-refractivity contribution in [2.45, 2.75) is 157 Å². The number of primary amides is 1. The zero-order valence-corrected chi connectivity index (χ0v) is 55.9. The van der Waals surface area contributed by atoms with Crippen LogP contribution in [0.2, 0.25) is 0 Å². The lowest BCUT2D eigenvalue weighted by molar-refractivity contribution is -0.433. The van der Waals surface area contributed by atoms with E-state index < -0.39 is 183 Å². The third-order valence-electron chi connectivity index (χ3n) is 17.4. The Morgan fingerprint density at radius 3 is 2.14 bits per heavy atom. The standard InChI is InChI=1S/C63H82N12O22S2/c1-30-25-74-51(52(30)82)59(89)65-24-38(77)21-41(66-55(85)35-10-8-34(9-11-35)42-29-75-63(67-42)98-60(71-75)36-12-15-40(16-13-36)93-19-7-5-6-18-72-26-31(2)94-32(3)27-72)56(86)68-48(33(4)76)61(90)73-28-39(78)22-43(73)57(87)70-50(58(88)69-49(62(74)91)45(80)23-47(64)81)54(84)53(83)37-14-17-44(79)46(20-37)95-99-97-96-92/h8-17,20,29-33,38-39,41,43,45,48-54,76-80,82-84,92H,5-7,18-19,21-28H2,1-4H3,(H2,64,81)(H,65,89)(H,66,85)(H,68,86)(H,69,88)(H,70,87)/t30?,31-,32+,33?,38?,39?,41?,43?,45?,48?,49?,50?,51?,52?,53?,54?. The molecule has 14 unspecified atom stereocenters. The number of aromatic nitrogens is 3. The predicted molar refractivity (Wildman–Crippen MR) is 349 cm³/mol. The second-order valence-corrected chi connectivity index (χ2v) is 26.5. The summed E-state index contributed by atoms with van der Waals surface area (Å²) in [6.07, 6.45) is -10.9. The van der Waals surface area contributed by atoms with Crippen LogP contribution >= 0.6 is 23.7 Å². The molecule has 4 aliphatic heterocycles. The van der Waals surface area contributed by atoms with Gasteiger partial charge in [0.15, 0.2) is 11.5 Å². The van der Waals surface area contributed by atoms with Crippen LogP contribution in [0.3, 0.4) is 0 Å². The van der Waals surface area contributed by atoms with Crippen molar-refractivity contribution in [1.82, 2.24) is 55.9 Å². The van der Waals surface area contributed by atoms with Crippen LogP contribution in [0.15, 0.2) is 72.9 Å². The number of β-amino-alcohol motifs (C(OH)–C–C–N with tert-alkyl or cyclic N) is 1. The summed E-state index contributed by atoms with van der Waals surface area (Å²) in [6, 6.07) is 4.29. The topological polar surface area (TPSA) is 491 Å². The number of benzene rings is 3. The number of nitrogens with zero attached hydrogens (tertiary/aromatic N) is 6. The maximum atomic E-state index is 14.7. The van der Waals surface area contributed by atoms with Gasteiger partial charge in [0.2, 0.25) is 46.3 Å². The molecule has 0 aliphatic carbocycles. The van der Waals surface area contributed by atoms with Gasteiger partial charge in [0.1, 0.15) is 59.2 Å². The van der Waals surface area contributed by atoms with Crippen molar-refractivity contribution in [2.75, 3.05) is 45.9 Å². The molecule has 2 aromatic heterocycles. The Balaban J connectivity index is 0.933. The first-order valence-electron chi connectivity index (χ1n) is 32.1. The van der Waals surface area contributed by atoms with Gasteiger partial charge >= 0.3 is 0 Å². The summed E-state index contributed by atoms with van der Waals surface area (Å²) in [5.74, 6) is -11.2. The first kappa shape index (κ1) is 75.0. The molecule has 0 bridgehead atoms. The smallest absolute Gasteiger partial charge is 0.261 e. The van der Waals surface area contributed by atoms with Crippen LogP contribution in [-0.2, 0) is 47.7 Å². The van der Waals surface area contributed by atoms with Gasteiger partial charge in [-0.2, -0.15) is 5.10 Å². The van der Waals surface area contributed by atoms with E-state index in [2.05, 4.69) is 54.7 Å². The molecule has 99 heavy (non-hydrogen) atoms. The molecule has 6 heterocycles. The monoisotopic (exact) mass is 1420 g/mol. The highest BCUT2D eigenvalue weighted by Gasteiger charge is 2.50. The van der Waals surface area contributed by atoms with Crippen molar-refractivity contribution in [3.8, 4) is 39.1 Å². The minimum atomic E-state index is -2.53. The van der Waals surface area contributed by atoms with Crippen molar-refractivity contribution in [3.63, 3.8) is 0 Å². The van der Waals surface area contributed by atoms with E-state index in [4.69, 9.17) is 34.7 Å². The van der Waals surface area contributed by atoms with Gasteiger partial charge in [-0.3, -0.25) is 43.3 Å². The van der Waals surface area contributed by atoms with E-state index in [0.717, 1.165) is 85.1 Å². The molecule has 5 aromatic rings. The molecule has 0 saturated carbocycles. The number of phenols is 1. The maximum Gasteiger partial charge on any atom is 0.261 e. The number of rotatable bonds is 22. The fourth-order valence-corrected chi connectivity index (χ4v) is 13.5. The number of imidazole rings is 1. The molecule has 538 valence electrons. The Bertz CT molecular complexity index is 3620. The number of nitrogens with one attached hydrogen (secondary N) is 5. The summed E-state index contributed by atoms with van der Waals surface area (Å²) in [7, 11) is 0. The average Bonchev–Trinajstić information content (AvgIpc) is 1.68. The van der Waals surface area contributed by atoms with Crippen LogP contribution < -0.4 is 41.2 Å². The van der Waals surface area contributed by atoms with E-state index in [-0.39, 0.29) is 35.7 Å². The minimum Gasteiger partial charge on any atom is -0.504 e. The van der Waals surface area contributed by atoms with E-state index in [1.54, 1.807) is 22.8 Å². The fraction of sp³-hybridized carbons (Fsp3) is 0.524. The van der Waals surface area contributed by atoms with Crippen LogP contribution in [-0.4, -0.2) is 254 Å². The van der Waals surface area contributed by atoms with Crippen LogP contribution in [0.25, 0.3) is 26.8 Å². The number of morpholine rings is 1. The van der Waals surface area contributed by atoms with Crippen LogP contribution in [0.1, 0.15) is 88.2 Å². The Kier molecular flexibility index (Phi) is 25.6. The van der Waals surface area contributed by atoms with Crippen molar-refractivity contribution < 1.29 is 107 Å². The number of carbonyl (C=O) groups excluding carboxylic acids is 8. The van der Waals surface area contributed by atoms with E-state index >= 15 is 0 Å². The molecule has 34 nitrogen and oxygen atoms in total. The van der Waals surface area contributed by atoms with Gasteiger partial charge in [0.05, 0.1) is 67.6 Å². The zero-order valence-electron chi connectivity index (χ0n) is 54.3. The molecule has 0 spiro atoms. The lowest BCUT2D eigenvalue weighted by atomic mass is 9.96. The van der Waals surface area contributed by atoms with Crippen molar-refractivity contribution in [1.29, 1.82) is 0 Å². The number of unbranched alkanes of at least 4 members (excludes halogenated alkanes) is 2. The minimum absolute atomic E-state index is 0.0140. The Morgan fingerprint density at radius 2 is 1.46 bits per heavy atom. The summed E-state index contributed by atoms with van der Waals surface area (Å²) < 4.78 is 22.7. The number of aliphatic hydroxyl groups excluding tert-OH is 7. The van der Waals surface area contributed by atoms with Crippen LogP contribution in [0.4, 0.5) is 0 Å². The Labute approximate surface area is 574 Å². The number of fused-ring (bicyclic) bond motifs is 3. The highest BCUT2D eigenvalue weighted by Crippen LogP contribution is 2.35. The average molecular weight is 1420 g/mol. The van der Waals surface area contributed by atoms with Crippen molar-refractivity contribution >= 4 is 75.9 Å². The molecule has 8 amide bonds. The molecule has 9 rings (SSSR count). The van der Waals surface area contributed by atoms with E-state index in [1.807, 2.05) is 24.3 Å². The number of ether oxygens (including phenoxy) is 2. The highest BCUT2D eigenvalue weighted by molar-refractivity contribution is 7.90. The first-order valence-corrected chi connectivity index (χ1v) is 33.5. The predicted octanol–water partition coefficient (Wildman–Crippen LogP) is -1.83. The molecular weight excluding hydrogens is 1340 g/mol. The van der Waals surface area contributed by atoms with Crippen molar-refractivity contribution in [3.05, 3.63) is 84.1 Å². The van der Waals surface area contributed by atoms with Crippen LogP contribution in [0.5, 0.6) is 17.2 Å². The molecular formula is C63H82N12O22S2. The van der Waals surface area contributed by atoms with Gasteiger partial charge in [0.25, 0.3) is 18.2 Å². The van der Waals surface area contributed by atoms with Gasteiger partial charge in [-0.1, -0.05) is 45.8 Å². The molecule has 16 atom stereocenters. The number of carbonyl (C=O) groups is 8. The number of amides is 8. The number of hydrogen-bond acceptors (Lipinski definition) is 27. The molecule has 4 saturated heterocycles. The molecule has 16 N–H and O–H groups in total. The summed E-state index contributed by atoms with van der Waals surface area (Å²) >= 11 is 1.33. The number of hydrogen-bond donors (Lipinski definition) is 15. The van der Waals surface area contributed by atoms with Gasteiger partial charge in [0, 0.05) is 68.2 Å². The lowest BCUT2D eigenvalue weighted by Crippen LogP contribution is -2.64. The van der Waals surface area contributed by atoms with E-state index in [1.165, 1.54) is 30.4 Å². The van der Waals surface area contributed by atoms with Crippen molar-refractivity contribution in [2.24, 2.45) is 11.7 Å². The zero-order chi connectivity index (χ0) is 71.5. The van der Waals surface area contributed by atoms with E-state index in [9.17, 15) is 79.2 Å². The lowest BCUT2D eigenvalue weighted by Gasteiger charge is -2.35. The summed E-state index contributed by atoms with van der Waals surface area (Å²) in [5.41, 5.74) is 6.97. The number of phenolic OH excluding ortho intramolecular Hbond substituents is 1. The normalized spacial score (nSPS) is 26.8. The Hall–Kier alpha value is -8.21. The van der Waals surface area contributed by atoms with E-state index in [0.29, 0.717) is 27.8 Å². The Morgan fingerprint density at radius 1 is 0.788 bits per heavy atom. The largest absolute Gasteiger partial charge is 0.504 e. The van der Waals surface area contributed by atoms with Crippen LogP contribution in [0, 0.1) is 5.92 Å². The fourth-order valence-electron chi connectivity index (χ4n) is 12.4. The SMILES string of the molecule is CC(O)C1NC(=O)C(NC(=O)c2ccc(-c3cn4nc(-c5ccc(OCCCCCN6C[C@@H](C)O[C@@H](C)C6)cc5)sc4n3)cc2)CC(O)CNC(=O)C2C(O)C(C)CN2C(=O)C(C(O)CC(N)=O)NC(=O)C(C(O)C(O)c2ccc(O)c(OSOOO)c2)NC(=O)C2CC(O)CN2C1=O. The second-order valence-electron chi connectivity index (χ2n) is 25.1. The number of aromatic hydroxyl groups is 1. The first-order chi connectivity index (χ1) is 47.2. The van der Waals surface area contributed by atoms with Gasteiger partial charge < -0.3 is 96.6 Å². The quantitative estimate of drug-likeness (QED) is 0.0157. The second kappa shape index (κ2) is 33.8. The molecule has 0 radical (unpaired) electrons. The molecule has 36 heteroatoms. The van der Waals surface area contributed by atoms with Gasteiger partial charge in [-0.05, 0) is 101 Å². The van der Waals surface area contributed by atoms with Gasteiger partial charge in [-0.15, -0.1) is 0 Å². The number of nitrogens with two attached hydrogens (primary N) is 1. The molecule has 3 aromatic carbocycles. The maximum absolute atomic E-state index is 14.7. The molecule has 4 fully saturated rings. The highest BCUT2D eigenvalue weighted by atomic mass is 32.2.